The quantitative estimate of drug-likeness (QED) is 0.318. The number of phenols is 3. The molecule has 0 radical (unpaired) electrons. The lowest BCUT2D eigenvalue weighted by atomic mass is 9.84. The van der Waals surface area contributed by atoms with Gasteiger partial charge in [0, 0.05) is 48.2 Å². The highest BCUT2D eigenvalue weighted by Crippen LogP contribution is 2.50. The number of para-hydroxylation sites is 1. The number of hydrogen-bond donors (Lipinski definition) is 3. The molecule has 3 heterocycles. The number of ether oxygens (including phenoxy) is 2. The molecule has 9 heteroatoms. The molecular weight excluding hydrogens is 514 g/mol. The Morgan fingerprint density at radius 2 is 1.65 bits per heavy atom. The van der Waals surface area contributed by atoms with Crippen LogP contribution in [0.5, 0.6) is 23.0 Å². The van der Waals surface area contributed by atoms with Crippen molar-refractivity contribution in [2.45, 2.75) is 12.3 Å². The normalized spacial score (nSPS) is 15.7. The standard InChI is InChI=1S/C31H27NO8/c33-22-16-24(18-6-2-1-3-7-18)40-31-26(28(35)30(37)29(36)27(22)31)21(15-25(34)32-10-12-38-13-11-32)20-14-19-8-4-5-9-23(19)39-17-20/h1-9,14,16,21,35-37H,10-13,15,17H2/t21-/m0/s1. The highest BCUT2D eigenvalue weighted by molar-refractivity contribution is 5.94. The zero-order valence-corrected chi connectivity index (χ0v) is 21.5. The molecule has 1 fully saturated rings. The molecule has 1 saturated heterocycles. The first-order valence-corrected chi connectivity index (χ1v) is 13.0. The van der Waals surface area contributed by atoms with E-state index in [2.05, 4.69) is 0 Å². The van der Waals surface area contributed by atoms with Crippen LogP contribution in [-0.2, 0) is 9.53 Å². The monoisotopic (exact) mass is 541 g/mol. The first-order valence-electron chi connectivity index (χ1n) is 13.0. The Balaban J connectivity index is 1.58. The van der Waals surface area contributed by atoms with Gasteiger partial charge in [0.1, 0.15) is 29.1 Å². The van der Waals surface area contributed by atoms with Crippen LogP contribution in [0.4, 0.5) is 0 Å². The molecule has 6 rings (SSSR count). The van der Waals surface area contributed by atoms with Crippen molar-refractivity contribution in [3.63, 3.8) is 0 Å². The molecule has 1 aromatic heterocycles. The van der Waals surface area contributed by atoms with Crippen molar-refractivity contribution in [2.24, 2.45) is 0 Å². The van der Waals surface area contributed by atoms with E-state index in [1.54, 1.807) is 29.2 Å². The fraction of sp³-hybridized carbons (Fsp3) is 0.226. The van der Waals surface area contributed by atoms with Gasteiger partial charge in [-0.3, -0.25) is 9.59 Å². The SMILES string of the molecule is O=C(C[C@@H](C1=Cc2ccccc2OC1)c1c(O)c(O)c(O)c2c(=O)cc(-c3ccccc3)oc12)N1CCOCC1. The summed E-state index contributed by atoms with van der Waals surface area (Å²) < 4.78 is 17.6. The molecule has 1 atom stereocenters. The summed E-state index contributed by atoms with van der Waals surface area (Å²) in [6.45, 7) is 1.77. The van der Waals surface area contributed by atoms with Crippen molar-refractivity contribution in [1.82, 2.24) is 4.90 Å². The number of aromatic hydroxyl groups is 3. The Hall–Kier alpha value is -4.76. The van der Waals surface area contributed by atoms with Gasteiger partial charge in [-0.05, 0) is 17.7 Å². The molecule has 0 bridgehead atoms. The summed E-state index contributed by atoms with van der Waals surface area (Å²) >= 11 is 0. The molecule has 3 N–H and O–H groups in total. The van der Waals surface area contributed by atoms with Crippen molar-refractivity contribution >= 4 is 23.0 Å². The van der Waals surface area contributed by atoms with Gasteiger partial charge in [0.25, 0.3) is 0 Å². The van der Waals surface area contributed by atoms with Gasteiger partial charge in [-0.2, -0.15) is 0 Å². The van der Waals surface area contributed by atoms with Gasteiger partial charge < -0.3 is 34.1 Å². The minimum atomic E-state index is -0.858. The summed E-state index contributed by atoms with van der Waals surface area (Å²) in [6.07, 6.45) is 1.77. The molecule has 4 aromatic rings. The van der Waals surface area contributed by atoms with Crippen LogP contribution in [0.15, 0.2) is 75.4 Å². The molecule has 204 valence electrons. The van der Waals surface area contributed by atoms with Crippen LogP contribution in [0.3, 0.4) is 0 Å². The number of fused-ring (bicyclic) bond motifs is 2. The van der Waals surface area contributed by atoms with E-state index in [4.69, 9.17) is 13.9 Å². The number of rotatable bonds is 5. The second-order valence-corrected chi connectivity index (χ2v) is 9.80. The molecule has 2 aliphatic rings. The van der Waals surface area contributed by atoms with Gasteiger partial charge in [0.15, 0.2) is 16.9 Å². The molecule has 3 aromatic carbocycles. The third kappa shape index (κ3) is 4.54. The molecule has 0 saturated carbocycles. The molecule has 40 heavy (non-hydrogen) atoms. The molecule has 0 unspecified atom stereocenters. The van der Waals surface area contributed by atoms with Crippen molar-refractivity contribution in [3.8, 4) is 34.3 Å². The number of nitrogens with zero attached hydrogens (tertiary/aromatic N) is 1. The summed E-state index contributed by atoms with van der Waals surface area (Å²) in [6, 6.07) is 17.6. The lowest BCUT2D eigenvalue weighted by Gasteiger charge is -2.31. The van der Waals surface area contributed by atoms with E-state index in [1.807, 2.05) is 36.4 Å². The summed E-state index contributed by atoms with van der Waals surface area (Å²) in [5, 5.41) is 32.4. The lowest BCUT2D eigenvalue weighted by Crippen LogP contribution is -2.41. The largest absolute Gasteiger partial charge is 0.504 e. The number of carbonyl (C=O) groups excluding carboxylic acids is 1. The van der Waals surface area contributed by atoms with Crippen LogP contribution < -0.4 is 10.2 Å². The highest BCUT2D eigenvalue weighted by atomic mass is 16.5. The fourth-order valence-electron chi connectivity index (χ4n) is 5.31. The van der Waals surface area contributed by atoms with Gasteiger partial charge in [0.05, 0.1) is 13.2 Å². The maximum Gasteiger partial charge on any atom is 0.223 e. The number of hydrogen-bond acceptors (Lipinski definition) is 8. The lowest BCUT2D eigenvalue weighted by molar-refractivity contribution is -0.135. The van der Waals surface area contributed by atoms with Gasteiger partial charge in [0.2, 0.25) is 11.7 Å². The topological polar surface area (TPSA) is 130 Å². The van der Waals surface area contributed by atoms with E-state index in [-0.39, 0.29) is 41.2 Å². The Kier molecular flexibility index (Phi) is 6.65. The zero-order valence-electron chi connectivity index (χ0n) is 21.5. The van der Waals surface area contributed by atoms with Crippen LogP contribution in [0.1, 0.15) is 23.5 Å². The van der Waals surface area contributed by atoms with E-state index in [0.29, 0.717) is 43.2 Å². The molecular formula is C31H27NO8. The maximum atomic E-state index is 13.5. The summed E-state index contributed by atoms with van der Waals surface area (Å²) in [4.78, 5) is 28.5. The van der Waals surface area contributed by atoms with Crippen molar-refractivity contribution in [3.05, 3.63) is 87.6 Å². The summed E-state index contributed by atoms with van der Waals surface area (Å²) in [5.74, 6) is -2.49. The molecule has 2 aliphatic heterocycles. The Morgan fingerprint density at radius 1 is 0.925 bits per heavy atom. The van der Waals surface area contributed by atoms with Crippen molar-refractivity contribution in [1.29, 1.82) is 0 Å². The predicted octanol–water partition coefficient (Wildman–Crippen LogP) is 4.39. The molecule has 0 aliphatic carbocycles. The summed E-state index contributed by atoms with van der Waals surface area (Å²) in [7, 11) is 0. The van der Waals surface area contributed by atoms with E-state index < -0.39 is 28.6 Å². The fourth-order valence-corrected chi connectivity index (χ4v) is 5.31. The number of phenolic OH excluding ortho intramolecular Hbond substituents is 3. The third-order valence-corrected chi connectivity index (χ3v) is 7.38. The summed E-state index contributed by atoms with van der Waals surface area (Å²) in [5.41, 5.74) is 1.33. The molecule has 9 nitrogen and oxygen atoms in total. The second-order valence-electron chi connectivity index (χ2n) is 9.80. The van der Waals surface area contributed by atoms with Gasteiger partial charge in [-0.1, -0.05) is 48.5 Å². The highest BCUT2D eigenvalue weighted by Gasteiger charge is 2.34. The van der Waals surface area contributed by atoms with Crippen molar-refractivity contribution in [2.75, 3.05) is 32.9 Å². The molecule has 0 spiro atoms. The van der Waals surface area contributed by atoms with Crippen LogP contribution in [0, 0.1) is 0 Å². The van der Waals surface area contributed by atoms with Gasteiger partial charge in [-0.25, -0.2) is 0 Å². The Bertz CT molecular complexity index is 1690. The molecule has 1 amide bonds. The van der Waals surface area contributed by atoms with E-state index in [0.717, 1.165) is 5.56 Å². The smallest absolute Gasteiger partial charge is 0.223 e. The third-order valence-electron chi connectivity index (χ3n) is 7.38. The van der Waals surface area contributed by atoms with Crippen LogP contribution in [0.2, 0.25) is 0 Å². The van der Waals surface area contributed by atoms with E-state index >= 15 is 0 Å². The van der Waals surface area contributed by atoms with E-state index in [9.17, 15) is 24.9 Å². The van der Waals surface area contributed by atoms with E-state index in [1.165, 1.54) is 6.07 Å². The maximum absolute atomic E-state index is 13.5. The predicted molar refractivity (Wildman–Crippen MR) is 148 cm³/mol. The average Bonchev–Trinajstić information content (AvgIpc) is 2.99. The number of morpholine rings is 1. The first-order chi connectivity index (χ1) is 19.4. The zero-order chi connectivity index (χ0) is 27.8. The minimum absolute atomic E-state index is 0.0241. The van der Waals surface area contributed by atoms with Gasteiger partial charge >= 0.3 is 0 Å². The van der Waals surface area contributed by atoms with Crippen molar-refractivity contribution < 1.29 is 34.0 Å². The number of amides is 1. The first kappa shape index (κ1) is 25.5. The average molecular weight is 542 g/mol. The van der Waals surface area contributed by atoms with Crippen LogP contribution in [0.25, 0.3) is 28.4 Å². The number of carbonyl (C=O) groups is 1. The number of benzene rings is 3. The second kappa shape index (κ2) is 10.4. The Labute approximate surface area is 229 Å². The van der Waals surface area contributed by atoms with Crippen LogP contribution in [-0.4, -0.2) is 59.0 Å². The van der Waals surface area contributed by atoms with Gasteiger partial charge in [-0.15, -0.1) is 0 Å². The minimum Gasteiger partial charge on any atom is -0.504 e. The van der Waals surface area contributed by atoms with Crippen LogP contribution >= 0.6 is 0 Å². The Morgan fingerprint density at radius 3 is 2.42 bits per heavy atom.